The molecule has 0 saturated heterocycles. The Balaban J connectivity index is 1.82. The first-order chi connectivity index (χ1) is 9.28. The van der Waals surface area contributed by atoms with Crippen LogP contribution in [0, 0.1) is 5.92 Å². The van der Waals surface area contributed by atoms with Crippen LogP contribution in [0.2, 0.25) is 0 Å². The summed E-state index contributed by atoms with van der Waals surface area (Å²) in [5, 5.41) is 4.14. The van der Waals surface area contributed by atoms with Crippen LogP contribution in [-0.2, 0) is 0 Å². The molecule has 4 nitrogen and oxygen atoms in total. The van der Waals surface area contributed by atoms with Crippen molar-refractivity contribution in [3.63, 3.8) is 0 Å². The van der Waals surface area contributed by atoms with Crippen molar-refractivity contribution in [2.24, 2.45) is 5.92 Å². The quantitative estimate of drug-likeness (QED) is 0.853. The van der Waals surface area contributed by atoms with E-state index in [2.05, 4.69) is 17.1 Å². The molecule has 1 fully saturated rings. The molecule has 100 valence electrons. The van der Waals surface area contributed by atoms with Crippen LogP contribution in [0.5, 0.6) is 0 Å². The predicted molar refractivity (Wildman–Crippen MR) is 74.5 cm³/mol. The van der Waals surface area contributed by atoms with E-state index in [0.29, 0.717) is 17.5 Å². The summed E-state index contributed by atoms with van der Waals surface area (Å²) in [5.41, 5.74) is 7.43. The lowest BCUT2D eigenvalue weighted by Gasteiger charge is -2.04. The van der Waals surface area contributed by atoms with Crippen molar-refractivity contribution in [2.45, 2.75) is 38.5 Å². The highest BCUT2D eigenvalue weighted by atomic mass is 16.5. The summed E-state index contributed by atoms with van der Waals surface area (Å²) in [7, 11) is 0. The van der Waals surface area contributed by atoms with E-state index >= 15 is 0 Å². The van der Waals surface area contributed by atoms with E-state index in [9.17, 15) is 0 Å². The van der Waals surface area contributed by atoms with Crippen molar-refractivity contribution in [3.8, 4) is 11.5 Å². The van der Waals surface area contributed by atoms with Gasteiger partial charge >= 0.3 is 0 Å². The number of anilines is 1. The van der Waals surface area contributed by atoms with Gasteiger partial charge in [0, 0.05) is 11.6 Å². The van der Waals surface area contributed by atoms with Gasteiger partial charge in [0.1, 0.15) is 0 Å². The van der Waals surface area contributed by atoms with Crippen LogP contribution in [-0.4, -0.2) is 10.1 Å². The van der Waals surface area contributed by atoms with Gasteiger partial charge < -0.3 is 10.3 Å². The van der Waals surface area contributed by atoms with Gasteiger partial charge in [0.2, 0.25) is 0 Å². The van der Waals surface area contributed by atoms with Crippen molar-refractivity contribution in [1.82, 2.24) is 10.1 Å². The van der Waals surface area contributed by atoms with Crippen LogP contribution in [0.25, 0.3) is 11.5 Å². The molecule has 2 aromatic rings. The fourth-order valence-electron chi connectivity index (χ4n) is 2.88. The second-order valence-corrected chi connectivity index (χ2v) is 5.33. The van der Waals surface area contributed by atoms with Gasteiger partial charge in [0.05, 0.1) is 5.56 Å². The average Bonchev–Trinajstić information content (AvgIpc) is 3.08. The Morgan fingerprint density at radius 3 is 2.89 bits per heavy atom. The lowest BCUT2D eigenvalue weighted by atomic mass is 10.0. The second-order valence-electron chi connectivity index (χ2n) is 5.33. The van der Waals surface area contributed by atoms with Gasteiger partial charge in [-0.25, -0.2) is 0 Å². The molecule has 2 unspecified atom stereocenters. The molecule has 3 rings (SSSR count). The number of nitrogen functional groups attached to an aromatic ring is 1. The first-order valence-electron chi connectivity index (χ1n) is 6.96. The molecule has 1 aromatic carbocycles. The highest BCUT2D eigenvalue weighted by Gasteiger charge is 2.28. The molecule has 0 radical (unpaired) electrons. The zero-order valence-corrected chi connectivity index (χ0v) is 11.2. The molecule has 2 atom stereocenters. The smallest absolute Gasteiger partial charge is 0.260 e. The highest BCUT2D eigenvalue weighted by Crippen LogP contribution is 2.39. The van der Waals surface area contributed by atoms with Gasteiger partial charge in [-0.05, 0) is 37.3 Å². The van der Waals surface area contributed by atoms with Crippen molar-refractivity contribution in [3.05, 3.63) is 30.1 Å². The SMILES string of the molecule is CCC1CCC(c2noc(-c3ccccc3N)n2)C1. The fourth-order valence-corrected chi connectivity index (χ4v) is 2.88. The Labute approximate surface area is 113 Å². The van der Waals surface area contributed by atoms with Crippen LogP contribution in [0.3, 0.4) is 0 Å². The van der Waals surface area contributed by atoms with Gasteiger partial charge in [0.15, 0.2) is 5.82 Å². The normalized spacial score (nSPS) is 22.8. The zero-order chi connectivity index (χ0) is 13.2. The predicted octanol–water partition coefficient (Wildman–Crippen LogP) is 3.61. The highest BCUT2D eigenvalue weighted by molar-refractivity contribution is 5.69. The fraction of sp³-hybridized carbons (Fsp3) is 0.467. The number of benzene rings is 1. The molecule has 2 N–H and O–H groups in total. The zero-order valence-electron chi connectivity index (χ0n) is 11.2. The van der Waals surface area contributed by atoms with E-state index in [4.69, 9.17) is 10.3 Å². The minimum atomic E-state index is 0.451. The van der Waals surface area contributed by atoms with Crippen LogP contribution < -0.4 is 5.73 Å². The molecule has 0 spiro atoms. The van der Waals surface area contributed by atoms with E-state index in [-0.39, 0.29) is 0 Å². The Morgan fingerprint density at radius 2 is 2.16 bits per heavy atom. The summed E-state index contributed by atoms with van der Waals surface area (Å²) in [6, 6.07) is 7.59. The Hall–Kier alpha value is -1.84. The van der Waals surface area contributed by atoms with Crippen LogP contribution in [0.4, 0.5) is 5.69 Å². The number of nitrogens with zero attached hydrogens (tertiary/aromatic N) is 2. The summed E-state index contributed by atoms with van der Waals surface area (Å²) in [6.07, 6.45) is 4.87. The number of rotatable bonds is 3. The van der Waals surface area contributed by atoms with Gasteiger partial charge in [-0.2, -0.15) is 4.98 Å². The topological polar surface area (TPSA) is 64.9 Å². The number of hydrogen-bond donors (Lipinski definition) is 1. The van der Waals surface area contributed by atoms with Gasteiger partial charge in [-0.3, -0.25) is 0 Å². The molecular formula is C15H19N3O. The van der Waals surface area contributed by atoms with Crippen molar-refractivity contribution < 1.29 is 4.52 Å². The molecule has 1 aliphatic carbocycles. The number of hydrogen-bond acceptors (Lipinski definition) is 4. The molecule has 1 aliphatic rings. The van der Waals surface area contributed by atoms with E-state index in [1.807, 2.05) is 24.3 Å². The first kappa shape index (κ1) is 12.2. The second kappa shape index (κ2) is 5.03. The van der Waals surface area contributed by atoms with Crippen LogP contribution in [0.15, 0.2) is 28.8 Å². The van der Waals surface area contributed by atoms with Gasteiger partial charge in [-0.15, -0.1) is 0 Å². The maximum Gasteiger partial charge on any atom is 0.260 e. The largest absolute Gasteiger partial charge is 0.398 e. The van der Waals surface area contributed by atoms with Crippen molar-refractivity contribution >= 4 is 5.69 Å². The Kier molecular flexibility index (Phi) is 3.23. The molecular weight excluding hydrogens is 238 g/mol. The van der Waals surface area contributed by atoms with E-state index < -0.39 is 0 Å². The third-order valence-electron chi connectivity index (χ3n) is 4.12. The molecule has 1 saturated carbocycles. The monoisotopic (exact) mass is 257 g/mol. The molecule has 0 bridgehead atoms. The summed E-state index contributed by atoms with van der Waals surface area (Å²) < 4.78 is 5.37. The first-order valence-corrected chi connectivity index (χ1v) is 6.96. The Morgan fingerprint density at radius 1 is 1.32 bits per heavy atom. The molecule has 19 heavy (non-hydrogen) atoms. The standard InChI is InChI=1S/C15H19N3O/c1-2-10-7-8-11(9-10)14-17-15(19-18-14)12-5-3-4-6-13(12)16/h3-6,10-11H,2,7-9,16H2,1H3. The van der Waals surface area contributed by atoms with E-state index in [1.165, 1.54) is 25.7 Å². The average molecular weight is 257 g/mol. The van der Waals surface area contributed by atoms with E-state index in [1.54, 1.807) is 0 Å². The molecule has 4 heteroatoms. The number of aromatic nitrogens is 2. The summed E-state index contributed by atoms with van der Waals surface area (Å²) >= 11 is 0. The Bertz CT molecular complexity index is 564. The summed E-state index contributed by atoms with van der Waals surface area (Å²) in [6.45, 7) is 2.25. The molecule has 0 aliphatic heterocycles. The molecule has 0 amide bonds. The lowest BCUT2D eigenvalue weighted by Crippen LogP contribution is -1.97. The van der Waals surface area contributed by atoms with Gasteiger partial charge in [0.25, 0.3) is 5.89 Å². The van der Waals surface area contributed by atoms with Crippen molar-refractivity contribution in [1.29, 1.82) is 0 Å². The minimum absolute atomic E-state index is 0.451. The summed E-state index contributed by atoms with van der Waals surface area (Å²) in [4.78, 5) is 4.53. The van der Waals surface area contributed by atoms with Crippen molar-refractivity contribution in [2.75, 3.05) is 5.73 Å². The maximum absolute atomic E-state index is 5.93. The number of nitrogens with two attached hydrogens (primary N) is 1. The third-order valence-corrected chi connectivity index (χ3v) is 4.12. The van der Waals surface area contributed by atoms with Crippen LogP contribution in [0.1, 0.15) is 44.3 Å². The summed E-state index contributed by atoms with van der Waals surface area (Å²) in [5.74, 6) is 2.64. The minimum Gasteiger partial charge on any atom is -0.398 e. The number of para-hydroxylation sites is 1. The van der Waals surface area contributed by atoms with Crippen LogP contribution >= 0.6 is 0 Å². The van der Waals surface area contributed by atoms with Gasteiger partial charge in [-0.1, -0.05) is 30.6 Å². The molecule has 1 aromatic heterocycles. The maximum atomic E-state index is 5.93. The lowest BCUT2D eigenvalue weighted by molar-refractivity contribution is 0.414. The molecule has 1 heterocycles. The van der Waals surface area contributed by atoms with E-state index in [0.717, 1.165) is 17.3 Å². The third kappa shape index (κ3) is 2.35.